The summed E-state index contributed by atoms with van der Waals surface area (Å²) in [6.07, 6.45) is 1.36. The van der Waals surface area contributed by atoms with E-state index in [1.54, 1.807) is 4.90 Å². The van der Waals surface area contributed by atoms with E-state index in [1.165, 1.54) is 6.20 Å². The van der Waals surface area contributed by atoms with Gasteiger partial charge in [-0.05, 0) is 0 Å². The topological polar surface area (TPSA) is 57.4 Å². The minimum absolute atomic E-state index is 0. The summed E-state index contributed by atoms with van der Waals surface area (Å²) in [6.45, 7) is 1.76. The molecule has 0 aromatic carbocycles. The second kappa shape index (κ2) is 3.73. The smallest absolute Gasteiger partial charge is 1.00 e. The standard InChI is InChI=1S/C4H7NO3S.Na.H/c6-9(7,8)4-3-5-1-2-5;;/h3-4H,1-2H2,(H,6,7,8);;/q;+1;-1. The normalized spacial score (nSPS) is 17.1. The van der Waals surface area contributed by atoms with E-state index in [1.807, 2.05) is 0 Å². The largest absolute Gasteiger partial charge is 1.00 e. The summed E-state index contributed by atoms with van der Waals surface area (Å²) in [5.74, 6) is 0. The molecule has 0 aromatic heterocycles. The van der Waals surface area contributed by atoms with Gasteiger partial charge in [0.2, 0.25) is 0 Å². The van der Waals surface area contributed by atoms with Crippen molar-refractivity contribution >= 4 is 10.1 Å². The number of rotatable bonds is 2. The maximum atomic E-state index is 10.0. The Morgan fingerprint density at radius 3 is 2.30 bits per heavy atom. The Kier molecular flexibility index (Phi) is 3.90. The monoisotopic (exact) mass is 173 g/mol. The van der Waals surface area contributed by atoms with Crippen LogP contribution in [-0.4, -0.2) is 31.0 Å². The second-order valence-corrected chi connectivity index (χ2v) is 3.14. The molecule has 0 amide bonds. The van der Waals surface area contributed by atoms with Crippen molar-refractivity contribution in [2.45, 2.75) is 0 Å². The van der Waals surface area contributed by atoms with Gasteiger partial charge in [0.1, 0.15) is 0 Å². The molecule has 1 heterocycles. The zero-order chi connectivity index (χ0) is 6.91. The molecule has 1 fully saturated rings. The van der Waals surface area contributed by atoms with Gasteiger partial charge in [0.15, 0.2) is 0 Å². The molecule has 0 radical (unpaired) electrons. The van der Waals surface area contributed by atoms with Crippen LogP contribution in [0.4, 0.5) is 0 Å². The van der Waals surface area contributed by atoms with E-state index in [9.17, 15) is 8.42 Å². The number of hydrogen-bond donors (Lipinski definition) is 1. The fourth-order valence-corrected chi connectivity index (χ4v) is 0.696. The SMILES string of the molecule is O=S(=O)(O)C=CN1CC1.[H-].[Na+]. The molecule has 1 aliphatic heterocycles. The third kappa shape index (κ3) is 5.25. The molecule has 1 saturated heterocycles. The van der Waals surface area contributed by atoms with Crippen molar-refractivity contribution in [2.24, 2.45) is 0 Å². The predicted octanol–water partition coefficient (Wildman–Crippen LogP) is -3.22. The molecule has 10 heavy (non-hydrogen) atoms. The molecule has 0 atom stereocenters. The third-order valence-electron chi connectivity index (χ3n) is 0.925. The van der Waals surface area contributed by atoms with Crippen LogP contribution in [0.2, 0.25) is 0 Å². The Bertz CT molecular complexity index is 223. The van der Waals surface area contributed by atoms with E-state index in [0.29, 0.717) is 0 Å². The van der Waals surface area contributed by atoms with Gasteiger partial charge in [0, 0.05) is 19.3 Å². The molecule has 0 spiro atoms. The van der Waals surface area contributed by atoms with Gasteiger partial charge >= 0.3 is 29.6 Å². The minimum Gasteiger partial charge on any atom is -1.00 e. The Balaban J connectivity index is 0. The van der Waals surface area contributed by atoms with Gasteiger partial charge in [-0.25, -0.2) is 0 Å². The van der Waals surface area contributed by atoms with E-state index in [-0.39, 0.29) is 31.0 Å². The molecule has 0 unspecified atom stereocenters. The van der Waals surface area contributed by atoms with E-state index in [0.717, 1.165) is 18.5 Å². The van der Waals surface area contributed by atoms with Gasteiger partial charge < -0.3 is 6.33 Å². The summed E-state index contributed by atoms with van der Waals surface area (Å²) in [4.78, 5) is 1.76. The van der Waals surface area contributed by atoms with Gasteiger partial charge in [0.25, 0.3) is 10.1 Å². The first kappa shape index (κ1) is 10.4. The van der Waals surface area contributed by atoms with E-state index < -0.39 is 10.1 Å². The first-order valence-corrected chi connectivity index (χ1v) is 3.98. The average Bonchev–Trinajstić information content (AvgIpc) is 2.38. The van der Waals surface area contributed by atoms with Crippen molar-refractivity contribution < 1.29 is 44.0 Å². The Hall–Kier alpha value is 0.450. The molecule has 54 valence electrons. The van der Waals surface area contributed by atoms with Crippen molar-refractivity contribution in [3.05, 3.63) is 11.6 Å². The van der Waals surface area contributed by atoms with Gasteiger partial charge in [0.05, 0.1) is 5.41 Å². The molecule has 4 nitrogen and oxygen atoms in total. The number of nitrogens with zero attached hydrogens (tertiary/aromatic N) is 1. The first-order chi connectivity index (χ1) is 4.08. The fourth-order valence-electron chi connectivity index (χ4n) is 0.370. The molecule has 1 aliphatic rings. The molecule has 0 aliphatic carbocycles. The van der Waals surface area contributed by atoms with E-state index in [4.69, 9.17) is 4.55 Å². The Morgan fingerprint density at radius 2 is 2.00 bits per heavy atom. The summed E-state index contributed by atoms with van der Waals surface area (Å²) >= 11 is 0. The molecule has 0 saturated carbocycles. The van der Waals surface area contributed by atoms with Gasteiger partial charge in [-0.1, -0.05) is 0 Å². The maximum absolute atomic E-state index is 10.0. The molecule has 0 bridgehead atoms. The summed E-state index contributed by atoms with van der Waals surface area (Å²) in [5, 5.41) is 0.778. The van der Waals surface area contributed by atoms with Crippen molar-refractivity contribution in [1.82, 2.24) is 4.90 Å². The van der Waals surface area contributed by atoms with Crippen LogP contribution in [0, 0.1) is 0 Å². The number of hydrogen-bond acceptors (Lipinski definition) is 3. The van der Waals surface area contributed by atoms with Crippen LogP contribution in [0.5, 0.6) is 0 Å². The van der Waals surface area contributed by atoms with Gasteiger partial charge in [-0.15, -0.1) is 0 Å². The van der Waals surface area contributed by atoms with Crippen molar-refractivity contribution in [3.8, 4) is 0 Å². The molecular weight excluding hydrogens is 165 g/mol. The van der Waals surface area contributed by atoms with Crippen LogP contribution in [0.1, 0.15) is 1.43 Å². The summed E-state index contributed by atoms with van der Waals surface area (Å²) < 4.78 is 28.2. The van der Waals surface area contributed by atoms with Gasteiger partial charge in [-0.2, -0.15) is 8.42 Å². The summed E-state index contributed by atoms with van der Waals surface area (Å²) in [7, 11) is -3.90. The summed E-state index contributed by atoms with van der Waals surface area (Å²) in [6, 6.07) is 0. The van der Waals surface area contributed by atoms with Crippen molar-refractivity contribution in [3.63, 3.8) is 0 Å². The van der Waals surface area contributed by atoms with Crippen LogP contribution in [0.15, 0.2) is 11.6 Å². The Morgan fingerprint density at radius 1 is 1.50 bits per heavy atom. The van der Waals surface area contributed by atoms with Crippen LogP contribution in [0.3, 0.4) is 0 Å². The first-order valence-electron chi connectivity index (χ1n) is 2.48. The fraction of sp³-hybridized carbons (Fsp3) is 0.500. The van der Waals surface area contributed by atoms with E-state index in [2.05, 4.69) is 0 Å². The maximum Gasteiger partial charge on any atom is 1.00 e. The zero-order valence-corrected chi connectivity index (χ0v) is 8.50. The molecule has 1 N–H and O–H groups in total. The molecule has 1 rings (SSSR count). The summed E-state index contributed by atoms with van der Waals surface area (Å²) in [5.41, 5.74) is 0. The molecular formula is C4H8NNaO3S. The van der Waals surface area contributed by atoms with Crippen LogP contribution >= 0.6 is 0 Å². The zero-order valence-electron chi connectivity index (χ0n) is 6.69. The van der Waals surface area contributed by atoms with E-state index >= 15 is 0 Å². The van der Waals surface area contributed by atoms with Crippen LogP contribution < -0.4 is 29.6 Å². The molecule has 0 aromatic rings. The Labute approximate surface area is 83.4 Å². The van der Waals surface area contributed by atoms with Crippen LogP contribution in [0.25, 0.3) is 0 Å². The molecule has 6 heteroatoms. The second-order valence-electron chi connectivity index (χ2n) is 1.84. The quantitative estimate of drug-likeness (QED) is 0.271. The van der Waals surface area contributed by atoms with Crippen molar-refractivity contribution in [2.75, 3.05) is 13.1 Å². The predicted molar refractivity (Wildman–Crippen MR) is 33.4 cm³/mol. The van der Waals surface area contributed by atoms with Crippen LogP contribution in [-0.2, 0) is 10.1 Å². The average molecular weight is 173 g/mol. The third-order valence-corrected chi connectivity index (χ3v) is 1.39. The van der Waals surface area contributed by atoms with Gasteiger partial charge in [-0.3, -0.25) is 4.55 Å². The van der Waals surface area contributed by atoms with Crippen molar-refractivity contribution in [1.29, 1.82) is 0 Å². The minimum atomic E-state index is -3.90.